The van der Waals surface area contributed by atoms with Crippen molar-refractivity contribution in [3.05, 3.63) is 101 Å². The summed E-state index contributed by atoms with van der Waals surface area (Å²) in [5.41, 5.74) is 5.17. The lowest BCUT2D eigenvalue weighted by Gasteiger charge is -2.36. The molecule has 6 heteroatoms. The molecule has 0 fully saturated rings. The molecule has 1 aliphatic heterocycles. The molecule has 1 unspecified atom stereocenters. The molecule has 0 aliphatic carbocycles. The summed E-state index contributed by atoms with van der Waals surface area (Å²) in [6, 6.07) is 26.0. The summed E-state index contributed by atoms with van der Waals surface area (Å²) in [5, 5.41) is 5.13. The second-order valence-electron chi connectivity index (χ2n) is 8.67. The van der Waals surface area contributed by atoms with Gasteiger partial charge in [-0.2, -0.15) is 0 Å². The van der Waals surface area contributed by atoms with Crippen LogP contribution < -0.4 is 5.32 Å². The Hall–Kier alpha value is -3.90. The maximum atomic E-state index is 13.9. The molecule has 6 rings (SSSR count). The molecule has 5 aromatic rings. The Morgan fingerprint density at radius 1 is 1.00 bits per heavy atom. The minimum Gasteiger partial charge on any atom is -0.356 e. The molecule has 0 radical (unpaired) electrons. The first kappa shape index (κ1) is 20.7. The van der Waals surface area contributed by atoms with Crippen molar-refractivity contribution in [2.75, 3.05) is 11.9 Å². The average molecular weight is 466 g/mol. The normalized spacial score (nSPS) is 15.4. The van der Waals surface area contributed by atoms with Crippen molar-refractivity contribution < 1.29 is 9.59 Å². The number of carbonyl (C=O) groups excluding carboxylic acids is 2. The summed E-state index contributed by atoms with van der Waals surface area (Å²) in [4.78, 5) is 31.7. The third-order valence-electron chi connectivity index (χ3n) is 6.48. The van der Waals surface area contributed by atoms with Crippen LogP contribution in [0.25, 0.3) is 21.0 Å². The zero-order valence-corrected chi connectivity index (χ0v) is 19.5. The highest BCUT2D eigenvalue weighted by molar-refractivity contribution is 7.20. The first-order chi connectivity index (χ1) is 16.6. The SMILES string of the molecule is CC(=O)Nc1ccc(C2c3[nH]c4ccccc4c3CCN2C(=O)c2cc3ccccc3s2)cc1. The van der Waals surface area contributed by atoms with E-state index in [1.807, 2.05) is 59.5 Å². The fraction of sp³-hybridized carbons (Fsp3) is 0.143. The van der Waals surface area contributed by atoms with E-state index >= 15 is 0 Å². The molecule has 1 aliphatic rings. The fourth-order valence-electron chi connectivity index (χ4n) is 4.99. The zero-order chi connectivity index (χ0) is 23.2. The molecule has 0 bridgehead atoms. The lowest BCUT2D eigenvalue weighted by molar-refractivity contribution is -0.114. The van der Waals surface area contributed by atoms with Gasteiger partial charge in [0, 0.05) is 40.5 Å². The quantitative estimate of drug-likeness (QED) is 0.337. The second kappa shape index (κ2) is 8.15. The number of amides is 2. The molecule has 0 saturated carbocycles. The minimum atomic E-state index is -0.236. The van der Waals surface area contributed by atoms with Crippen molar-refractivity contribution in [2.24, 2.45) is 0 Å². The Kier molecular flexibility index (Phi) is 4.96. The highest BCUT2D eigenvalue weighted by Crippen LogP contribution is 2.40. The number of aromatic amines is 1. The molecule has 168 valence electrons. The summed E-state index contributed by atoms with van der Waals surface area (Å²) in [7, 11) is 0. The number of carbonyl (C=O) groups is 2. The van der Waals surface area contributed by atoms with Crippen molar-refractivity contribution >= 4 is 49.8 Å². The molecule has 1 atom stereocenters. The number of fused-ring (bicyclic) bond motifs is 4. The number of hydrogen-bond donors (Lipinski definition) is 2. The number of hydrogen-bond acceptors (Lipinski definition) is 3. The Bertz CT molecular complexity index is 1510. The maximum absolute atomic E-state index is 13.9. The molecule has 0 spiro atoms. The Morgan fingerprint density at radius 3 is 2.56 bits per heavy atom. The van der Waals surface area contributed by atoms with Gasteiger partial charge in [-0.05, 0) is 53.3 Å². The molecule has 5 nitrogen and oxygen atoms in total. The highest BCUT2D eigenvalue weighted by atomic mass is 32.1. The summed E-state index contributed by atoms with van der Waals surface area (Å²) in [6.45, 7) is 2.14. The lowest BCUT2D eigenvalue weighted by Crippen LogP contribution is -2.40. The van der Waals surface area contributed by atoms with Gasteiger partial charge >= 0.3 is 0 Å². The second-order valence-corrected chi connectivity index (χ2v) is 9.75. The number of anilines is 1. The predicted octanol–water partition coefficient (Wildman–Crippen LogP) is 6.13. The van der Waals surface area contributed by atoms with Crippen LogP contribution in [0.2, 0.25) is 0 Å². The Morgan fingerprint density at radius 2 is 1.76 bits per heavy atom. The van der Waals surface area contributed by atoms with Crippen molar-refractivity contribution in [1.29, 1.82) is 0 Å². The summed E-state index contributed by atoms with van der Waals surface area (Å²) >= 11 is 1.54. The van der Waals surface area contributed by atoms with Crippen LogP contribution in [0.3, 0.4) is 0 Å². The average Bonchev–Trinajstić information content (AvgIpc) is 3.45. The third kappa shape index (κ3) is 3.47. The first-order valence-corrected chi connectivity index (χ1v) is 12.2. The standard InChI is InChI=1S/C28H23N3O2S/c1-17(32)29-20-12-10-18(11-13-20)27-26-22(21-7-3-4-8-23(21)30-26)14-15-31(27)28(33)25-16-19-6-2-5-9-24(19)34-25/h2-13,16,27,30H,14-15H2,1H3,(H,29,32). The molecular formula is C28H23N3O2S. The van der Waals surface area contributed by atoms with E-state index in [4.69, 9.17) is 0 Å². The number of thiophene rings is 1. The smallest absolute Gasteiger partial charge is 0.264 e. The molecule has 3 aromatic carbocycles. The molecule has 0 saturated heterocycles. The van der Waals surface area contributed by atoms with E-state index in [1.165, 1.54) is 17.9 Å². The van der Waals surface area contributed by atoms with E-state index < -0.39 is 0 Å². The predicted molar refractivity (Wildman–Crippen MR) is 137 cm³/mol. The summed E-state index contributed by atoms with van der Waals surface area (Å²) in [6.07, 6.45) is 0.802. The van der Waals surface area contributed by atoms with Crippen LogP contribution in [0.4, 0.5) is 5.69 Å². The van der Waals surface area contributed by atoms with Crippen molar-refractivity contribution in [1.82, 2.24) is 9.88 Å². The first-order valence-electron chi connectivity index (χ1n) is 11.3. The van der Waals surface area contributed by atoms with Crippen LogP contribution in [-0.2, 0) is 11.2 Å². The number of para-hydroxylation sites is 1. The number of nitrogens with zero attached hydrogens (tertiary/aromatic N) is 1. The fourth-order valence-corrected chi connectivity index (χ4v) is 6.01. The van der Waals surface area contributed by atoms with Crippen molar-refractivity contribution in [3.63, 3.8) is 0 Å². The maximum Gasteiger partial charge on any atom is 0.264 e. The molecular weight excluding hydrogens is 442 g/mol. The number of benzene rings is 3. The van der Waals surface area contributed by atoms with Crippen LogP contribution in [0.15, 0.2) is 78.9 Å². The van der Waals surface area contributed by atoms with E-state index in [1.54, 1.807) is 11.3 Å². The Balaban J connectivity index is 1.46. The van der Waals surface area contributed by atoms with Crippen LogP contribution in [0, 0.1) is 0 Å². The number of H-pyrrole nitrogens is 1. The highest BCUT2D eigenvalue weighted by Gasteiger charge is 2.35. The number of rotatable bonds is 3. The minimum absolute atomic E-state index is 0.0430. The topological polar surface area (TPSA) is 65.2 Å². The van der Waals surface area contributed by atoms with E-state index in [0.717, 1.165) is 43.8 Å². The van der Waals surface area contributed by atoms with Crippen molar-refractivity contribution in [2.45, 2.75) is 19.4 Å². The van der Waals surface area contributed by atoms with E-state index in [9.17, 15) is 9.59 Å². The van der Waals surface area contributed by atoms with E-state index in [0.29, 0.717) is 6.54 Å². The number of aromatic nitrogens is 1. The van der Waals surface area contributed by atoms with Gasteiger partial charge < -0.3 is 15.2 Å². The van der Waals surface area contributed by atoms with E-state index in [-0.39, 0.29) is 17.9 Å². The summed E-state index contributed by atoms with van der Waals surface area (Å²) < 4.78 is 1.12. The van der Waals surface area contributed by atoms with Gasteiger partial charge in [-0.25, -0.2) is 0 Å². The van der Waals surface area contributed by atoms with Gasteiger partial charge in [0.05, 0.1) is 10.9 Å². The molecule has 2 aromatic heterocycles. The molecule has 3 heterocycles. The van der Waals surface area contributed by atoms with Gasteiger partial charge in [0.25, 0.3) is 5.91 Å². The van der Waals surface area contributed by atoms with Gasteiger partial charge in [0.15, 0.2) is 0 Å². The van der Waals surface area contributed by atoms with Gasteiger partial charge in [-0.3, -0.25) is 9.59 Å². The van der Waals surface area contributed by atoms with Crippen LogP contribution in [0.1, 0.15) is 39.5 Å². The van der Waals surface area contributed by atoms with Crippen LogP contribution in [-0.4, -0.2) is 28.2 Å². The third-order valence-corrected chi connectivity index (χ3v) is 7.58. The largest absolute Gasteiger partial charge is 0.356 e. The van der Waals surface area contributed by atoms with Gasteiger partial charge in [-0.15, -0.1) is 11.3 Å². The number of nitrogens with one attached hydrogen (secondary N) is 2. The van der Waals surface area contributed by atoms with Gasteiger partial charge in [0.2, 0.25) is 5.91 Å². The lowest BCUT2D eigenvalue weighted by atomic mass is 9.92. The summed E-state index contributed by atoms with van der Waals surface area (Å²) in [5.74, 6) is -0.0636. The molecule has 2 N–H and O–H groups in total. The van der Waals surface area contributed by atoms with Crippen LogP contribution >= 0.6 is 11.3 Å². The van der Waals surface area contributed by atoms with Crippen molar-refractivity contribution in [3.8, 4) is 0 Å². The molecule has 34 heavy (non-hydrogen) atoms. The van der Waals surface area contributed by atoms with E-state index in [2.05, 4.69) is 34.6 Å². The van der Waals surface area contributed by atoms with Crippen LogP contribution in [0.5, 0.6) is 0 Å². The Labute approximate surface area is 201 Å². The van der Waals surface area contributed by atoms with Gasteiger partial charge in [0.1, 0.15) is 0 Å². The monoisotopic (exact) mass is 465 g/mol. The molecule has 2 amide bonds. The zero-order valence-electron chi connectivity index (χ0n) is 18.7. The van der Waals surface area contributed by atoms with Gasteiger partial charge in [-0.1, -0.05) is 48.5 Å².